The summed E-state index contributed by atoms with van der Waals surface area (Å²) in [5, 5.41) is 23.1. The van der Waals surface area contributed by atoms with Gasteiger partial charge in [-0.05, 0) is 18.2 Å². The minimum Gasteiger partial charge on any atom is -0.320 e. The van der Waals surface area contributed by atoms with E-state index in [9.17, 15) is 18.0 Å². The number of fused-ring (bicyclic) bond motifs is 3. The quantitative estimate of drug-likeness (QED) is 0.370. The Morgan fingerprint density at radius 2 is 1.84 bits per heavy atom. The molecule has 0 aliphatic carbocycles. The Balaban J connectivity index is 1.41. The molecule has 0 fully saturated rings. The van der Waals surface area contributed by atoms with Crippen molar-refractivity contribution in [2.45, 2.75) is 6.18 Å². The number of halogens is 4. The first-order chi connectivity index (χ1) is 17.8. The molecule has 6 aromatic rings. The lowest BCUT2D eigenvalue weighted by atomic mass is 10.1. The SMILES string of the molecule is O=C(Nc1cnc(-n2nccn2)c(Cl)c1)c1cnn(-c2cccc3c2ccn2cnnc32)c1C(F)(F)F. The van der Waals surface area contributed by atoms with Gasteiger partial charge in [0.2, 0.25) is 0 Å². The van der Waals surface area contributed by atoms with Crippen molar-refractivity contribution in [3.63, 3.8) is 0 Å². The average Bonchev–Trinajstić information content (AvgIpc) is 3.64. The van der Waals surface area contributed by atoms with Gasteiger partial charge in [0.15, 0.2) is 17.2 Å². The molecule has 5 heterocycles. The van der Waals surface area contributed by atoms with E-state index in [0.717, 1.165) is 11.0 Å². The maximum Gasteiger partial charge on any atom is 0.434 e. The number of rotatable bonds is 4. The summed E-state index contributed by atoms with van der Waals surface area (Å²) >= 11 is 6.20. The summed E-state index contributed by atoms with van der Waals surface area (Å²) < 4.78 is 45.2. The van der Waals surface area contributed by atoms with Crippen molar-refractivity contribution in [1.82, 2.24) is 44.4 Å². The van der Waals surface area contributed by atoms with E-state index in [0.29, 0.717) is 21.1 Å². The van der Waals surface area contributed by atoms with Crippen molar-refractivity contribution >= 4 is 39.6 Å². The van der Waals surface area contributed by atoms with E-state index in [1.165, 1.54) is 37.1 Å². The third-order valence-electron chi connectivity index (χ3n) is 5.50. The van der Waals surface area contributed by atoms with Crippen LogP contribution in [0.2, 0.25) is 5.02 Å². The van der Waals surface area contributed by atoms with Crippen LogP contribution in [0.25, 0.3) is 27.9 Å². The molecule has 184 valence electrons. The zero-order valence-electron chi connectivity index (χ0n) is 18.3. The highest BCUT2D eigenvalue weighted by Gasteiger charge is 2.41. The molecule has 0 radical (unpaired) electrons. The molecule has 0 saturated carbocycles. The highest BCUT2D eigenvalue weighted by Crippen LogP contribution is 2.36. The Hall–Kier alpha value is -4.85. The van der Waals surface area contributed by atoms with Crippen LogP contribution in [0.3, 0.4) is 0 Å². The summed E-state index contributed by atoms with van der Waals surface area (Å²) in [6.45, 7) is 0. The fraction of sp³-hybridized carbons (Fsp3) is 0.0455. The summed E-state index contributed by atoms with van der Waals surface area (Å²) in [4.78, 5) is 18.2. The molecule has 0 aliphatic rings. The zero-order valence-corrected chi connectivity index (χ0v) is 19.1. The number of alkyl halides is 3. The first kappa shape index (κ1) is 22.6. The fourth-order valence-electron chi connectivity index (χ4n) is 3.95. The van der Waals surface area contributed by atoms with Crippen LogP contribution in [0.15, 0.2) is 67.6 Å². The monoisotopic (exact) mass is 524 g/mol. The van der Waals surface area contributed by atoms with Gasteiger partial charge in [0.05, 0.1) is 46.7 Å². The van der Waals surface area contributed by atoms with E-state index < -0.39 is 23.3 Å². The predicted molar refractivity (Wildman–Crippen MR) is 125 cm³/mol. The first-order valence-corrected chi connectivity index (χ1v) is 10.9. The van der Waals surface area contributed by atoms with Crippen LogP contribution in [0, 0.1) is 0 Å². The molecular formula is C22H12ClF3N10O. The van der Waals surface area contributed by atoms with Crippen LogP contribution in [-0.4, -0.2) is 50.3 Å². The van der Waals surface area contributed by atoms with Crippen LogP contribution >= 0.6 is 11.6 Å². The average molecular weight is 525 g/mol. The van der Waals surface area contributed by atoms with Crippen LogP contribution in [-0.2, 0) is 6.18 Å². The smallest absolute Gasteiger partial charge is 0.320 e. The maximum atomic E-state index is 14.3. The summed E-state index contributed by atoms with van der Waals surface area (Å²) in [7, 11) is 0. The van der Waals surface area contributed by atoms with Crippen molar-refractivity contribution < 1.29 is 18.0 Å². The molecule has 6 rings (SSSR count). The Morgan fingerprint density at radius 1 is 1.03 bits per heavy atom. The van der Waals surface area contributed by atoms with E-state index in [1.807, 2.05) is 0 Å². The number of amides is 1. The molecule has 0 bridgehead atoms. The Bertz CT molecular complexity index is 1790. The molecule has 1 N–H and O–H groups in total. The van der Waals surface area contributed by atoms with Gasteiger partial charge in [-0.25, -0.2) is 9.67 Å². The van der Waals surface area contributed by atoms with Gasteiger partial charge >= 0.3 is 6.18 Å². The lowest BCUT2D eigenvalue weighted by Crippen LogP contribution is -2.21. The number of anilines is 1. The van der Waals surface area contributed by atoms with Gasteiger partial charge < -0.3 is 5.32 Å². The number of aromatic nitrogens is 9. The Morgan fingerprint density at radius 3 is 2.59 bits per heavy atom. The van der Waals surface area contributed by atoms with Crippen molar-refractivity contribution in [1.29, 1.82) is 0 Å². The molecule has 11 nitrogen and oxygen atoms in total. The number of pyridine rings is 2. The molecule has 5 aromatic heterocycles. The fourth-order valence-corrected chi connectivity index (χ4v) is 4.19. The lowest BCUT2D eigenvalue weighted by Gasteiger charge is -2.15. The molecule has 1 aromatic carbocycles. The van der Waals surface area contributed by atoms with E-state index in [-0.39, 0.29) is 22.2 Å². The number of benzene rings is 1. The maximum absolute atomic E-state index is 14.3. The molecule has 15 heteroatoms. The molecule has 0 atom stereocenters. The van der Waals surface area contributed by atoms with E-state index in [4.69, 9.17) is 11.6 Å². The van der Waals surface area contributed by atoms with Gasteiger partial charge in [-0.3, -0.25) is 9.20 Å². The molecule has 0 aliphatic heterocycles. The van der Waals surface area contributed by atoms with Gasteiger partial charge in [0.1, 0.15) is 6.33 Å². The van der Waals surface area contributed by atoms with Crippen LogP contribution in [0.4, 0.5) is 18.9 Å². The van der Waals surface area contributed by atoms with E-state index >= 15 is 0 Å². The summed E-state index contributed by atoms with van der Waals surface area (Å²) in [6, 6.07) is 7.73. The summed E-state index contributed by atoms with van der Waals surface area (Å²) in [6.07, 6.45) is 3.15. The van der Waals surface area contributed by atoms with Gasteiger partial charge in [0.25, 0.3) is 5.91 Å². The number of nitrogens with zero attached hydrogens (tertiary/aromatic N) is 9. The Kier molecular flexibility index (Phi) is 5.12. The second-order valence-electron chi connectivity index (χ2n) is 7.73. The number of hydrogen-bond acceptors (Lipinski definition) is 7. The Labute approximate surface area is 209 Å². The molecule has 0 saturated heterocycles. The molecule has 1 amide bonds. The van der Waals surface area contributed by atoms with Crippen molar-refractivity contribution in [2.75, 3.05) is 5.32 Å². The van der Waals surface area contributed by atoms with Gasteiger partial charge in [-0.1, -0.05) is 23.7 Å². The molecular weight excluding hydrogens is 513 g/mol. The van der Waals surface area contributed by atoms with Crippen molar-refractivity contribution in [3.05, 3.63) is 83.9 Å². The second kappa shape index (κ2) is 8.37. The predicted octanol–water partition coefficient (Wildman–Crippen LogP) is 3.97. The van der Waals surface area contributed by atoms with Crippen molar-refractivity contribution in [2.24, 2.45) is 0 Å². The standard InChI is InChI=1S/C22H12ClF3N10O/c23-16-8-12(9-27-20(16)36-29-5-6-30-36)32-21(37)15-10-31-35(18(15)22(24,25)26)17-3-1-2-14-13(17)4-7-34-11-28-33-19(14)34/h1-11H,(H,32,37). The van der Waals surface area contributed by atoms with Crippen LogP contribution in [0.1, 0.15) is 16.1 Å². The molecule has 0 spiro atoms. The molecule has 0 unspecified atom stereocenters. The number of carbonyl (C=O) groups excluding carboxylic acids is 1. The zero-order chi connectivity index (χ0) is 25.7. The second-order valence-corrected chi connectivity index (χ2v) is 8.14. The van der Waals surface area contributed by atoms with E-state index in [2.05, 4.69) is 35.8 Å². The van der Waals surface area contributed by atoms with Crippen molar-refractivity contribution in [3.8, 4) is 11.5 Å². The number of hydrogen-bond donors (Lipinski definition) is 1. The van der Waals surface area contributed by atoms with Crippen LogP contribution < -0.4 is 5.32 Å². The summed E-state index contributed by atoms with van der Waals surface area (Å²) in [5.41, 5.74) is -1.25. The number of nitrogens with one attached hydrogen (secondary N) is 1. The largest absolute Gasteiger partial charge is 0.434 e. The first-order valence-electron chi connectivity index (χ1n) is 10.5. The third-order valence-corrected chi connectivity index (χ3v) is 5.78. The topological polar surface area (TPSA) is 121 Å². The highest BCUT2D eigenvalue weighted by molar-refractivity contribution is 6.32. The molecule has 37 heavy (non-hydrogen) atoms. The summed E-state index contributed by atoms with van der Waals surface area (Å²) in [5.74, 6) is -0.854. The minimum absolute atomic E-state index is 0.0751. The number of carbonyl (C=O) groups is 1. The van der Waals surface area contributed by atoms with Gasteiger partial charge in [0, 0.05) is 17.0 Å². The minimum atomic E-state index is -4.91. The lowest BCUT2D eigenvalue weighted by molar-refractivity contribution is -0.143. The highest BCUT2D eigenvalue weighted by atomic mass is 35.5. The normalized spacial score (nSPS) is 11.9. The third kappa shape index (κ3) is 3.83. The van der Waals surface area contributed by atoms with Gasteiger partial charge in [-0.2, -0.15) is 28.5 Å². The van der Waals surface area contributed by atoms with Crippen LogP contribution in [0.5, 0.6) is 0 Å². The van der Waals surface area contributed by atoms with Gasteiger partial charge in [-0.15, -0.1) is 15.0 Å². The van der Waals surface area contributed by atoms with E-state index in [1.54, 1.807) is 28.8 Å².